The molecular formula is C21H27ClFN3O2. The van der Waals surface area contributed by atoms with Gasteiger partial charge in [-0.15, -0.1) is 0 Å². The Labute approximate surface area is 170 Å². The second kappa shape index (κ2) is 10.9. The average molecular weight is 408 g/mol. The molecule has 5 nitrogen and oxygen atoms in total. The normalized spacial score (nSPS) is 13.8. The number of carbonyl (C=O) groups excluding carboxylic acids is 1. The highest BCUT2D eigenvalue weighted by atomic mass is 35.5. The maximum absolute atomic E-state index is 13.3. The van der Waals surface area contributed by atoms with E-state index in [1.165, 1.54) is 17.7 Å². The number of esters is 1. The summed E-state index contributed by atoms with van der Waals surface area (Å²) in [6.07, 6.45) is 4.58. The predicted molar refractivity (Wildman–Crippen MR) is 109 cm³/mol. The number of rotatable bonds is 6. The lowest BCUT2D eigenvalue weighted by atomic mass is 10.0. The largest absolute Gasteiger partial charge is 0.457 e. The molecule has 0 saturated carbocycles. The van der Waals surface area contributed by atoms with Crippen LogP contribution in [0.1, 0.15) is 62.6 Å². The molecule has 1 atom stereocenters. The van der Waals surface area contributed by atoms with E-state index in [-0.39, 0.29) is 17.1 Å². The monoisotopic (exact) mass is 407 g/mol. The Bertz CT molecular complexity index is 820. The molecule has 1 unspecified atom stereocenters. The van der Waals surface area contributed by atoms with Gasteiger partial charge in [0.15, 0.2) is 0 Å². The zero-order valence-electron chi connectivity index (χ0n) is 16.5. The van der Waals surface area contributed by atoms with Crippen LogP contribution in [0.2, 0.25) is 5.02 Å². The molecule has 152 valence electrons. The van der Waals surface area contributed by atoms with Crippen molar-refractivity contribution in [1.29, 1.82) is 0 Å². The molecule has 28 heavy (non-hydrogen) atoms. The number of halogens is 2. The van der Waals surface area contributed by atoms with E-state index >= 15 is 0 Å². The van der Waals surface area contributed by atoms with Crippen molar-refractivity contribution in [2.24, 2.45) is 0 Å². The van der Waals surface area contributed by atoms with Gasteiger partial charge in [0.2, 0.25) is 0 Å². The van der Waals surface area contributed by atoms with E-state index in [4.69, 9.17) is 16.3 Å². The minimum atomic E-state index is -0.488. The summed E-state index contributed by atoms with van der Waals surface area (Å²) >= 11 is 5.61. The topological polar surface area (TPSA) is 67.0 Å². The summed E-state index contributed by atoms with van der Waals surface area (Å²) in [6, 6.07) is 6.56. The molecule has 2 heterocycles. The van der Waals surface area contributed by atoms with Gasteiger partial charge in [-0.1, -0.05) is 37.9 Å². The molecule has 2 N–H and O–H groups in total. The first-order valence-electron chi connectivity index (χ1n) is 9.53. The summed E-state index contributed by atoms with van der Waals surface area (Å²) in [5.74, 6) is -0.767. The minimum Gasteiger partial charge on any atom is -0.457 e. The van der Waals surface area contributed by atoms with Gasteiger partial charge in [0.1, 0.15) is 11.9 Å². The Morgan fingerprint density at radius 1 is 1.36 bits per heavy atom. The van der Waals surface area contributed by atoms with Crippen molar-refractivity contribution >= 4 is 23.1 Å². The molecule has 7 heteroatoms. The lowest BCUT2D eigenvalue weighted by molar-refractivity contribution is -0.149. The molecule has 1 aliphatic rings. The van der Waals surface area contributed by atoms with Crippen molar-refractivity contribution in [3.05, 3.63) is 58.3 Å². The Kier molecular flexibility index (Phi) is 8.51. The molecule has 0 saturated heterocycles. The molecule has 0 aliphatic carbocycles. The molecule has 1 aromatic carbocycles. The number of H-pyrrole nitrogens is 1. The molecule has 1 aliphatic heterocycles. The molecule has 0 radical (unpaired) electrons. The summed E-state index contributed by atoms with van der Waals surface area (Å²) in [6.45, 7) is 6.77. The second-order valence-electron chi connectivity index (χ2n) is 6.60. The summed E-state index contributed by atoms with van der Waals surface area (Å²) in [7, 11) is 0. The highest BCUT2D eigenvalue weighted by Crippen LogP contribution is 2.26. The molecule has 0 bridgehead atoms. The third kappa shape index (κ3) is 6.37. The maximum Gasteiger partial charge on any atom is 0.306 e. The van der Waals surface area contributed by atoms with E-state index in [0.29, 0.717) is 18.4 Å². The third-order valence-electron chi connectivity index (χ3n) is 4.28. The molecule has 0 spiro atoms. The van der Waals surface area contributed by atoms with Crippen LogP contribution in [-0.2, 0) is 9.53 Å². The van der Waals surface area contributed by atoms with E-state index < -0.39 is 5.82 Å². The van der Waals surface area contributed by atoms with Crippen molar-refractivity contribution in [1.82, 2.24) is 15.5 Å². The van der Waals surface area contributed by atoms with Crippen molar-refractivity contribution in [3.63, 3.8) is 0 Å². The molecule has 0 fully saturated rings. The number of aryl methyl sites for hydroxylation is 1. The van der Waals surface area contributed by atoms with Gasteiger partial charge in [-0.3, -0.25) is 9.89 Å². The quantitative estimate of drug-likeness (QED) is 0.635. The van der Waals surface area contributed by atoms with Crippen LogP contribution in [0.25, 0.3) is 5.57 Å². The standard InChI is InChI=1S/C13H16ClFO2.C8H11N3/c1-3-5-12(17-13(16)4-2)9-6-7-10(14)11(15)8-9;1-6-4-8(11-10-6)7-2-3-9-5-7/h6-8,12H,3-5H2,1-2H3;4-5,9H,2-3H2,1H3,(H,10,11). The number of nitrogens with one attached hydrogen (secondary N) is 2. The number of ether oxygens (including phenoxy) is 1. The van der Waals surface area contributed by atoms with Crippen molar-refractivity contribution in [3.8, 4) is 0 Å². The number of aromatic nitrogens is 2. The van der Waals surface area contributed by atoms with Crippen LogP contribution in [0.15, 0.2) is 30.5 Å². The number of nitrogens with zero attached hydrogens (tertiary/aromatic N) is 1. The molecule has 3 rings (SSSR count). The van der Waals surface area contributed by atoms with Crippen molar-refractivity contribution in [2.75, 3.05) is 6.54 Å². The van der Waals surface area contributed by atoms with Crippen LogP contribution in [0.3, 0.4) is 0 Å². The van der Waals surface area contributed by atoms with Crippen LogP contribution in [-0.4, -0.2) is 22.7 Å². The SMILES string of the molecule is CCCC(OC(=O)CC)c1ccc(Cl)c(F)c1.Cc1cc(C2=CNCC2)n[nH]1. The van der Waals surface area contributed by atoms with Gasteiger partial charge in [-0.25, -0.2) is 4.39 Å². The Balaban J connectivity index is 0.000000218. The van der Waals surface area contributed by atoms with Gasteiger partial charge < -0.3 is 10.1 Å². The Hall–Kier alpha value is -2.34. The summed E-state index contributed by atoms with van der Waals surface area (Å²) in [5.41, 5.74) is 4.14. The van der Waals surface area contributed by atoms with Crippen LogP contribution in [0.5, 0.6) is 0 Å². The molecule has 2 aromatic rings. The fourth-order valence-electron chi connectivity index (χ4n) is 2.77. The Morgan fingerprint density at radius 2 is 2.14 bits per heavy atom. The maximum atomic E-state index is 13.3. The van der Waals surface area contributed by atoms with Gasteiger partial charge in [0.05, 0.1) is 10.7 Å². The van der Waals surface area contributed by atoms with Gasteiger partial charge in [-0.05, 0) is 49.1 Å². The number of benzene rings is 1. The lowest BCUT2D eigenvalue weighted by Crippen LogP contribution is -2.10. The number of hydrogen-bond donors (Lipinski definition) is 2. The van der Waals surface area contributed by atoms with E-state index in [1.807, 2.05) is 20.0 Å². The Morgan fingerprint density at radius 3 is 2.68 bits per heavy atom. The van der Waals surface area contributed by atoms with Gasteiger partial charge >= 0.3 is 5.97 Å². The fraction of sp³-hybridized carbons (Fsp3) is 0.429. The summed E-state index contributed by atoms with van der Waals surface area (Å²) < 4.78 is 18.6. The molecular weight excluding hydrogens is 381 g/mol. The van der Waals surface area contributed by atoms with E-state index in [1.54, 1.807) is 13.0 Å². The second-order valence-corrected chi connectivity index (χ2v) is 7.01. The average Bonchev–Trinajstić information content (AvgIpc) is 3.35. The fourth-order valence-corrected chi connectivity index (χ4v) is 2.89. The van der Waals surface area contributed by atoms with Crippen LogP contribution in [0, 0.1) is 12.7 Å². The first kappa shape index (κ1) is 22.0. The van der Waals surface area contributed by atoms with Gasteiger partial charge in [0, 0.05) is 24.9 Å². The first-order valence-corrected chi connectivity index (χ1v) is 9.91. The molecule has 0 amide bonds. The highest BCUT2D eigenvalue weighted by molar-refractivity contribution is 6.30. The lowest BCUT2D eigenvalue weighted by Gasteiger charge is -2.17. The van der Waals surface area contributed by atoms with E-state index in [2.05, 4.69) is 21.6 Å². The summed E-state index contributed by atoms with van der Waals surface area (Å²) in [4.78, 5) is 11.3. The van der Waals surface area contributed by atoms with E-state index in [9.17, 15) is 9.18 Å². The zero-order chi connectivity index (χ0) is 20.5. The number of aromatic amines is 1. The van der Waals surface area contributed by atoms with Crippen LogP contribution in [0.4, 0.5) is 4.39 Å². The zero-order valence-corrected chi connectivity index (χ0v) is 17.3. The van der Waals surface area contributed by atoms with Crippen LogP contribution < -0.4 is 5.32 Å². The minimum absolute atomic E-state index is 0.0748. The summed E-state index contributed by atoms with van der Waals surface area (Å²) in [5, 5.41) is 10.3. The highest BCUT2D eigenvalue weighted by Gasteiger charge is 2.16. The van der Waals surface area contributed by atoms with Crippen LogP contribution >= 0.6 is 11.6 Å². The van der Waals surface area contributed by atoms with E-state index in [0.717, 1.165) is 30.8 Å². The van der Waals surface area contributed by atoms with Crippen molar-refractivity contribution in [2.45, 2.75) is 52.6 Å². The van der Waals surface area contributed by atoms with Gasteiger partial charge in [0.25, 0.3) is 0 Å². The third-order valence-corrected chi connectivity index (χ3v) is 4.59. The molecule has 1 aromatic heterocycles. The first-order chi connectivity index (χ1) is 13.4. The smallest absolute Gasteiger partial charge is 0.306 e. The predicted octanol–water partition coefficient (Wildman–Crippen LogP) is 5.33. The number of carbonyl (C=O) groups is 1. The number of hydrogen-bond acceptors (Lipinski definition) is 4. The van der Waals surface area contributed by atoms with Crippen molar-refractivity contribution < 1.29 is 13.9 Å². The van der Waals surface area contributed by atoms with Gasteiger partial charge in [-0.2, -0.15) is 5.10 Å².